The zero-order valence-corrected chi connectivity index (χ0v) is 22.1. The van der Waals surface area contributed by atoms with Crippen molar-refractivity contribution in [1.29, 1.82) is 0 Å². The number of fused-ring (bicyclic) bond motifs is 2. The third-order valence-electron chi connectivity index (χ3n) is 8.11. The number of amides is 2. The maximum atomic E-state index is 13.8. The van der Waals surface area contributed by atoms with Crippen LogP contribution in [0.5, 0.6) is 0 Å². The number of aromatic nitrogens is 3. The van der Waals surface area contributed by atoms with E-state index in [9.17, 15) is 18.4 Å². The van der Waals surface area contributed by atoms with Crippen LogP contribution in [0.1, 0.15) is 30.5 Å². The number of rotatable bonds is 5. The molecule has 2 aliphatic heterocycles. The van der Waals surface area contributed by atoms with Gasteiger partial charge in [-0.2, -0.15) is 5.10 Å². The van der Waals surface area contributed by atoms with Gasteiger partial charge in [0.05, 0.1) is 42.2 Å². The van der Waals surface area contributed by atoms with E-state index in [1.54, 1.807) is 16.8 Å². The number of likely N-dealkylation sites (tertiary alicyclic amines) is 1. The van der Waals surface area contributed by atoms with Crippen molar-refractivity contribution in [1.82, 2.24) is 24.8 Å². The van der Waals surface area contributed by atoms with Gasteiger partial charge >= 0.3 is 0 Å². The number of carbonyl (C=O) groups is 2. The molecule has 2 aromatic heterocycles. The summed E-state index contributed by atoms with van der Waals surface area (Å²) in [7, 11) is 0. The summed E-state index contributed by atoms with van der Waals surface area (Å²) in [5.74, 6) is -3.63. The van der Waals surface area contributed by atoms with Crippen molar-refractivity contribution in [3.63, 3.8) is 0 Å². The van der Waals surface area contributed by atoms with Gasteiger partial charge in [0.1, 0.15) is 12.9 Å². The summed E-state index contributed by atoms with van der Waals surface area (Å²) in [4.78, 5) is 31.6. The molecule has 3 aliphatic rings. The molecule has 0 spiro atoms. The number of imide groups is 1. The van der Waals surface area contributed by atoms with Crippen LogP contribution in [-0.4, -0.2) is 63.0 Å². The molecule has 6 rings (SSSR count). The number of nitrogens with zero attached hydrogens (tertiary/aromatic N) is 4. The first-order valence-electron chi connectivity index (χ1n) is 12.6. The van der Waals surface area contributed by atoms with Crippen LogP contribution >= 0.6 is 11.6 Å². The minimum absolute atomic E-state index is 0.123. The van der Waals surface area contributed by atoms with Crippen LogP contribution in [0.3, 0.4) is 0 Å². The molecule has 0 radical (unpaired) electrons. The van der Waals surface area contributed by atoms with Crippen LogP contribution < -0.4 is 5.32 Å². The fourth-order valence-electron chi connectivity index (χ4n) is 6.00. The van der Waals surface area contributed by atoms with Gasteiger partial charge in [-0.15, -0.1) is 0 Å². The number of halogens is 3. The van der Waals surface area contributed by atoms with Gasteiger partial charge in [0.25, 0.3) is 5.92 Å². The molecule has 200 valence electrons. The normalized spacial score (nSPS) is 26.1. The summed E-state index contributed by atoms with van der Waals surface area (Å²) in [6, 6.07) is 5.51. The highest BCUT2D eigenvalue weighted by Crippen LogP contribution is 2.63. The standard InChI is InChI=1S/C27H28ClF2N5O3/c1-14-4-16(28)6-19(18(14)7-17-8-31-11-27(29,30)12-38-17)23-20-5-15(10-35(20)33-13-32-23)9-34-24(36)21-22(25(34)37)26(21,2)3/h4-6,10,13,17,21-22,31H,7-9,11-12H2,1-3H3. The van der Waals surface area contributed by atoms with E-state index in [1.807, 2.05) is 32.9 Å². The Kier molecular flexibility index (Phi) is 5.86. The molecule has 1 saturated carbocycles. The molecule has 3 fully saturated rings. The van der Waals surface area contributed by atoms with Gasteiger partial charge in [-0.3, -0.25) is 14.5 Å². The van der Waals surface area contributed by atoms with Gasteiger partial charge in [-0.05, 0) is 47.2 Å². The molecule has 1 aromatic carbocycles. The number of piperidine rings is 1. The molecular formula is C27H28ClF2N5O3. The Bertz CT molecular complexity index is 1450. The molecular weight excluding hydrogens is 516 g/mol. The monoisotopic (exact) mass is 543 g/mol. The largest absolute Gasteiger partial charge is 0.370 e. The van der Waals surface area contributed by atoms with E-state index in [2.05, 4.69) is 15.4 Å². The van der Waals surface area contributed by atoms with Crippen molar-refractivity contribution in [3.05, 3.63) is 52.4 Å². The van der Waals surface area contributed by atoms with Crippen molar-refractivity contribution >= 4 is 28.9 Å². The smallest absolute Gasteiger partial charge is 0.283 e. The van der Waals surface area contributed by atoms with Gasteiger partial charge in [0, 0.05) is 29.7 Å². The first kappa shape index (κ1) is 25.3. The fraction of sp³-hybridized carbons (Fsp3) is 0.481. The van der Waals surface area contributed by atoms with Gasteiger partial charge in [-0.25, -0.2) is 18.3 Å². The van der Waals surface area contributed by atoms with Crippen molar-refractivity contribution in [3.8, 4) is 11.3 Å². The second kappa shape index (κ2) is 8.79. The lowest BCUT2D eigenvalue weighted by atomic mass is 9.94. The Balaban J connectivity index is 1.33. The highest BCUT2D eigenvalue weighted by Gasteiger charge is 2.72. The molecule has 8 nitrogen and oxygen atoms in total. The quantitative estimate of drug-likeness (QED) is 0.494. The molecule has 1 N–H and O–H groups in total. The Labute approximate surface area is 223 Å². The average molecular weight is 544 g/mol. The second-order valence-corrected chi connectivity index (χ2v) is 11.6. The zero-order chi connectivity index (χ0) is 27.0. The van der Waals surface area contributed by atoms with Crippen molar-refractivity contribution in [2.24, 2.45) is 17.3 Å². The van der Waals surface area contributed by atoms with E-state index in [-0.39, 0.29) is 35.6 Å². The first-order chi connectivity index (χ1) is 18.0. The number of alkyl halides is 2. The molecule has 2 amide bonds. The summed E-state index contributed by atoms with van der Waals surface area (Å²) < 4.78 is 34.9. The molecule has 1 aliphatic carbocycles. The lowest BCUT2D eigenvalue weighted by molar-refractivity contribution is -0.143. The zero-order valence-electron chi connectivity index (χ0n) is 21.3. The highest BCUT2D eigenvalue weighted by molar-refractivity contribution is 6.31. The summed E-state index contributed by atoms with van der Waals surface area (Å²) in [6.45, 7) is 5.23. The molecule has 11 heteroatoms. The Morgan fingerprint density at radius 1 is 1.18 bits per heavy atom. The highest BCUT2D eigenvalue weighted by atomic mass is 35.5. The van der Waals surface area contributed by atoms with E-state index >= 15 is 0 Å². The number of hydrogen-bond donors (Lipinski definition) is 1. The number of aryl methyl sites for hydroxylation is 1. The third kappa shape index (κ3) is 4.19. The van der Waals surface area contributed by atoms with Crippen LogP contribution in [0.15, 0.2) is 30.7 Å². The number of hydrogen-bond acceptors (Lipinski definition) is 6. The predicted molar refractivity (Wildman–Crippen MR) is 136 cm³/mol. The third-order valence-corrected chi connectivity index (χ3v) is 8.32. The van der Waals surface area contributed by atoms with Crippen LogP contribution in [-0.2, 0) is 27.3 Å². The maximum Gasteiger partial charge on any atom is 0.283 e. The van der Waals surface area contributed by atoms with Crippen molar-refractivity contribution in [2.75, 3.05) is 19.7 Å². The van der Waals surface area contributed by atoms with Gasteiger partial charge < -0.3 is 10.1 Å². The molecule has 4 heterocycles. The Morgan fingerprint density at radius 3 is 2.66 bits per heavy atom. The Morgan fingerprint density at radius 2 is 1.92 bits per heavy atom. The van der Waals surface area contributed by atoms with Crippen LogP contribution in [0.2, 0.25) is 5.02 Å². The average Bonchev–Trinajstić information content (AvgIpc) is 3.11. The SMILES string of the molecule is Cc1cc(Cl)cc(-c2ncnn3cc(CN4C(=O)C5C(C4=O)C5(C)C)cc23)c1CC1CNCC(F)(F)CO1. The second-order valence-electron chi connectivity index (χ2n) is 11.2. The molecule has 38 heavy (non-hydrogen) atoms. The molecule has 3 aromatic rings. The van der Waals surface area contributed by atoms with Crippen LogP contribution in [0, 0.1) is 24.2 Å². The topological polar surface area (TPSA) is 88.8 Å². The van der Waals surface area contributed by atoms with E-state index in [1.165, 1.54) is 11.2 Å². The van der Waals surface area contributed by atoms with Gasteiger partial charge in [-0.1, -0.05) is 25.4 Å². The molecule has 0 bridgehead atoms. The number of ether oxygens (including phenoxy) is 1. The summed E-state index contributed by atoms with van der Waals surface area (Å²) in [6.07, 6.45) is 3.15. The number of benzene rings is 1. The summed E-state index contributed by atoms with van der Waals surface area (Å²) in [5.41, 5.74) is 4.33. The first-order valence-corrected chi connectivity index (χ1v) is 13.0. The van der Waals surface area contributed by atoms with Crippen molar-refractivity contribution in [2.45, 2.75) is 45.8 Å². The number of carbonyl (C=O) groups excluding carboxylic acids is 2. The van der Waals surface area contributed by atoms with E-state index in [4.69, 9.17) is 16.3 Å². The van der Waals surface area contributed by atoms with E-state index in [0.717, 1.165) is 22.3 Å². The minimum atomic E-state index is -2.91. The summed E-state index contributed by atoms with van der Waals surface area (Å²) in [5, 5.41) is 7.64. The number of nitrogens with one attached hydrogen (secondary N) is 1. The van der Waals surface area contributed by atoms with Crippen LogP contribution in [0.4, 0.5) is 8.78 Å². The lowest BCUT2D eigenvalue weighted by Crippen LogP contribution is -2.35. The van der Waals surface area contributed by atoms with Gasteiger partial charge in [0.2, 0.25) is 11.8 Å². The predicted octanol–water partition coefficient (Wildman–Crippen LogP) is 3.67. The minimum Gasteiger partial charge on any atom is -0.370 e. The van der Waals surface area contributed by atoms with E-state index in [0.29, 0.717) is 29.2 Å². The summed E-state index contributed by atoms with van der Waals surface area (Å²) >= 11 is 6.45. The van der Waals surface area contributed by atoms with Crippen molar-refractivity contribution < 1.29 is 23.1 Å². The Hall–Kier alpha value is -2.95. The van der Waals surface area contributed by atoms with E-state index < -0.39 is 25.2 Å². The molecule has 3 unspecified atom stereocenters. The molecule has 3 atom stereocenters. The van der Waals surface area contributed by atoms with Crippen LogP contribution in [0.25, 0.3) is 16.8 Å². The lowest BCUT2D eigenvalue weighted by Gasteiger charge is -2.20. The fourth-order valence-corrected chi connectivity index (χ4v) is 6.27. The molecule has 2 saturated heterocycles. The van der Waals surface area contributed by atoms with Gasteiger partial charge in [0.15, 0.2) is 0 Å². The maximum absolute atomic E-state index is 13.8.